The van der Waals surface area contributed by atoms with E-state index in [2.05, 4.69) is 13.5 Å². The molecule has 3 rings (SSSR count). The summed E-state index contributed by atoms with van der Waals surface area (Å²) in [5, 5.41) is 20.7. The van der Waals surface area contributed by atoms with E-state index in [1.807, 2.05) is 19.9 Å². The number of carbonyl (C=O) groups excluding carboxylic acids is 1. The summed E-state index contributed by atoms with van der Waals surface area (Å²) < 4.78 is 10.8. The molecule has 2 saturated carbocycles. The smallest absolute Gasteiger partial charge is 0.336 e. The quantitative estimate of drug-likeness (QED) is 0.254. The van der Waals surface area contributed by atoms with Gasteiger partial charge >= 0.3 is 5.97 Å². The second-order valence-corrected chi connectivity index (χ2v) is 8.96. The Morgan fingerprint density at radius 1 is 1.31 bits per heavy atom. The van der Waals surface area contributed by atoms with E-state index in [4.69, 9.17) is 9.47 Å². The minimum Gasteiger partial charge on any atom is -0.459 e. The Hall–Kier alpha value is 1.71. The molecule has 0 amide bonds. The third kappa shape index (κ3) is 5.45. The summed E-state index contributed by atoms with van der Waals surface area (Å²) in [5.74, 6) is 0.166. The Bertz CT molecular complexity index is 637. The van der Waals surface area contributed by atoms with Gasteiger partial charge in [-0.25, -0.2) is 4.79 Å². The summed E-state index contributed by atoms with van der Waals surface area (Å²) in [6.45, 7) is 11.4. The molecule has 158 valence electrons. The van der Waals surface area contributed by atoms with E-state index >= 15 is 0 Å². The van der Waals surface area contributed by atoms with Crippen LogP contribution in [0, 0.1) is 111 Å². The summed E-state index contributed by atoms with van der Waals surface area (Å²) in [5.41, 5.74) is 1.30. The van der Waals surface area contributed by atoms with Gasteiger partial charge in [-0.15, -0.1) is 0 Å². The van der Waals surface area contributed by atoms with Crippen LogP contribution in [-0.2, 0) is 14.3 Å². The van der Waals surface area contributed by atoms with Crippen molar-refractivity contribution in [3.05, 3.63) is 23.8 Å². The molecule has 2 N–H and O–H groups in total. The van der Waals surface area contributed by atoms with Gasteiger partial charge in [-0.2, -0.15) is 0 Å². The van der Waals surface area contributed by atoms with Crippen molar-refractivity contribution in [2.45, 2.75) is 65.1 Å². The van der Waals surface area contributed by atoms with Gasteiger partial charge in [0.25, 0.3) is 0 Å². The van der Waals surface area contributed by atoms with Crippen LogP contribution in [0.25, 0.3) is 0 Å². The second kappa shape index (κ2) is 11.7. The Morgan fingerprint density at radius 2 is 2.00 bits per heavy atom. The van der Waals surface area contributed by atoms with Crippen LogP contribution < -0.4 is 0 Å². The summed E-state index contributed by atoms with van der Waals surface area (Å²) in [6.07, 6.45) is 5.39. The molecule has 3 aliphatic rings. The Labute approximate surface area is 246 Å². The van der Waals surface area contributed by atoms with Gasteiger partial charge in [0.1, 0.15) is 12.7 Å². The van der Waals surface area contributed by atoms with E-state index in [0.717, 1.165) is 25.7 Å². The molecule has 3 unspecified atom stereocenters. The number of carbonyl (C=O) groups is 1. The van der Waals surface area contributed by atoms with Gasteiger partial charge in [-0.05, 0) is 56.3 Å². The predicted molar refractivity (Wildman–Crippen MR) is 103 cm³/mol. The van der Waals surface area contributed by atoms with Crippen molar-refractivity contribution in [2.24, 2.45) is 22.7 Å². The van der Waals surface area contributed by atoms with Gasteiger partial charge in [0.15, 0.2) is 0 Å². The first kappa shape index (κ1) is 28.7. The van der Waals surface area contributed by atoms with Crippen molar-refractivity contribution < 1.29 is 113 Å². The molecule has 6 atom stereocenters. The largest absolute Gasteiger partial charge is 0.459 e. The molecule has 7 heteroatoms. The Kier molecular flexibility index (Phi) is 11.6. The number of hydrogen-bond donors (Lipinski definition) is 2. The minimum absolute atomic E-state index is 0. The third-order valence-corrected chi connectivity index (χ3v) is 7.58. The monoisotopic (exact) mass is 832 g/mol. The average Bonchev–Trinajstić information content (AvgIpc) is 2.98. The molecule has 29 heavy (non-hydrogen) atoms. The summed E-state index contributed by atoms with van der Waals surface area (Å²) >= 11 is 0. The van der Waals surface area contributed by atoms with Crippen molar-refractivity contribution in [2.75, 3.05) is 19.8 Å². The molecular formula is C22H34Ac2O5. The van der Waals surface area contributed by atoms with Gasteiger partial charge in [0, 0.05) is 100 Å². The molecule has 0 aromatic heterocycles. The van der Waals surface area contributed by atoms with Crippen LogP contribution in [0.15, 0.2) is 23.8 Å². The normalized spacial score (nSPS) is 40.7. The molecule has 1 aliphatic heterocycles. The molecule has 2 radical (unpaired) electrons. The summed E-state index contributed by atoms with van der Waals surface area (Å²) in [4.78, 5) is 12.1. The molecule has 0 aromatic carbocycles. The second-order valence-electron chi connectivity index (χ2n) is 8.96. The average molecular weight is 833 g/mol. The number of aliphatic hydroxyl groups is 2. The van der Waals surface area contributed by atoms with Crippen LogP contribution in [0.5, 0.6) is 0 Å². The Morgan fingerprint density at radius 3 is 2.62 bits per heavy atom. The van der Waals surface area contributed by atoms with Gasteiger partial charge in [0.2, 0.25) is 0 Å². The van der Waals surface area contributed by atoms with Gasteiger partial charge < -0.3 is 19.7 Å². The van der Waals surface area contributed by atoms with Crippen molar-refractivity contribution in [3.63, 3.8) is 0 Å². The molecular weight excluding hydrogens is 798 g/mol. The third-order valence-electron chi connectivity index (χ3n) is 7.58. The van der Waals surface area contributed by atoms with Crippen LogP contribution in [0.3, 0.4) is 0 Å². The minimum atomic E-state index is -0.487. The molecule has 1 heterocycles. The topological polar surface area (TPSA) is 76.0 Å². The van der Waals surface area contributed by atoms with E-state index in [1.54, 1.807) is 0 Å². The number of cyclic esters (lactones) is 1. The van der Waals surface area contributed by atoms with Gasteiger partial charge in [-0.1, -0.05) is 32.1 Å². The van der Waals surface area contributed by atoms with Crippen LogP contribution in [0.4, 0.5) is 0 Å². The number of esters is 1. The number of hydrogen-bond acceptors (Lipinski definition) is 5. The molecule has 0 aromatic rings. The fourth-order valence-corrected chi connectivity index (χ4v) is 5.89. The first-order valence-corrected chi connectivity index (χ1v) is 10.2. The molecule has 3 fully saturated rings. The standard InChI is InChI=1S/C22H34O5.2Ac/c1-5-26-17-12-27-20(25)15(17)7-8-16-14(2)6-9-18-21(16,3)11-10-19(24)22(18,4)13-23;;/h7,16-19,23-24H,2,5-6,8-13H2,1,3-4H3;;/b15-7+;;/t16-,17?,18?,19?,21+,22-;;/m0../s1. The van der Waals surface area contributed by atoms with Crippen molar-refractivity contribution in [1.29, 1.82) is 0 Å². The van der Waals surface area contributed by atoms with Gasteiger partial charge in [0.05, 0.1) is 18.3 Å². The van der Waals surface area contributed by atoms with Crippen LogP contribution >= 0.6 is 0 Å². The first-order chi connectivity index (χ1) is 12.8. The van der Waals surface area contributed by atoms with E-state index in [-0.39, 0.29) is 124 Å². The van der Waals surface area contributed by atoms with Gasteiger partial charge in [-0.3, -0.25) is 0 Å². The van der Waals surface area contributed by atoms with Crippen LogP contribution in [0.1, 0.15) is 52.9 Å². The molecule has 2 aliphatic carbocycles. The fraction of sp³-hybridized carbons (Fsp3) is 0.773. The number of ether oxygens (including phenoxy) is 2. The molecule has 0 spiro atoms. The van der Waals surface area contributed by atoms with Crippen LogP contribution in [-0.4, -0.2) is 48.2 Å². The maximum absolute atomic E-state index is 12.1. The maximum atomic E-state index is 12.1. The SMILES string of the molecule is C=C1CCC2[C@](C)(CO)C(O)CC[C@]2(C)[C@H]1C/C=C1/C(=O)OCC1OCC.[Ac].[Ac]. The van der Waals surface area contributed by atoms with Crippen molar-refractivity contribution in [1.82, 2.24) is 0 Å². The van der Waals surface area contributed by atoms with E-state index < -0.39 is 11.5 Å². The van der Waals surface area contributed by atoms with Crippen LogP contribution in [0.2, 0.25) is 0 Å². The zero-order valence-corrected chi connectivity index (χ0v) is 27.5. The zero-order chi connectivity index (χ0) is 19.8. The number of allylic oxidation sites excluding steroid dienone is 2. The van der Waals surface area contributed by atoms with E-state index in [1.165, 1.54) is 5.57 Å². The fourth-order valence-electron chi connectivity index (χ4n) is 5.89. The van der Waals surface area contributed by atoms with E-state index in [0.29, 0.717) is 25.2 Å². The molecule has 1 saturated heterocycles. The van der Waals surface area contributed by atoms with Crippen molar-refractivity contribution >= 4 is 5.97 Å². The molecule has 5 nitrogen and oxygen atoms in total. The number of rotatable bonds is 5. The molecule has 0 bridgehead atoms. The van der Waals surface area contributed by atoms with Crippen molar-refractivity contribution in [3.8, 4) is 0 Å². The number of fused-ring (bicyclic) bond motifs is 1. The summed E-state index contributed by atoms with van der Waals surface area (Å²) in [7, 11) is 0. The maximum Gasteiger partial charge on any atom is 0.336 e. The zero-order valence-electron chi connectivity index (χ0n) is 18.0. The summed E-state index contributed by atoms with van der Waals surface area (Å²) in [6, 6.07) is 0. The number of aliphatic hydroxyl groups excluding tert-OH is 2. The first-order valence-electron chi connectivity index (χ1n) is 10.2. The van der Waals surface area contributed by atoms with E-state index in [9.17, 15) is 15.0 Å². The predicted octanol–water partition coefficient (Wildman–Crippen LogP) is 3.01. The Balaban J connectivity index is 0.00000210.